The lowest BCUT2D eigenvalue weighted by molar-refractivity contribution is 0.590. The van der Waals surface area contributed by atoms with Gasteiger partial charge in [0.1, 0.15) is 11.2 Å². The van der Waals surface area contributed by atoms with Gasteiger partial charge in [0.25, 0.3) is 0 Å². The van der Waals surface area contributed by atoms with E-state index in [9.17, 15) is 0 Å². The molecule has 0 saturated carbocycles. The van der Waals surface area contributed by atoms with E-state index in [2.05, 4.69) is 225 Å². The Labute approximate surface area is 406 Å². The monoisotopic (exact) mass is 915 g/mol. The maximum absolute atomic E-state index is 7.28. The summed E-state index contributed by atoms with van der Waals surface area (Å²) >= 11 is 3.78. The number of para-hydroxylation sites is 1. The van der Waals surface area contributed by atoms with Crippen molar-refractivity contribution >= 4 is 126 Å². The highest BCUT2D eigenvalue weighted by molar-refractivity contribution is 7.29. The molecule has 8 aromatic carbocycles. The molecule has 1 aliphatic rings. The van der Waals surface area contributed by atoms with Crippen molar-refractivity contribution in [3.63, 3.8) is 0 Å². The fourth-order valence-electron chi connectivity index (χ4n) is 10.8. The third kappa shape index (κ3) is 6.30. The van der Waals surface area contributed by atoms with Gasteiger partial charge in [0, 0.05) is 63.4 Å². The molecule has 13 rings (SSSR count). The number of anilines is 2. The second-order valence-corrected chi connectivity index (χ2v) is 24.2. The van der Waals surface area contributed by atoms with Crippen LogP contribution in [-0.4, -0.2) is 11.8 Å². The number of furan rings is 1. The summed E-state index contributed by atoms with van der Waals surface area (Å²) in [4.78, 5) is 0. The number of nitrogens with one attached hydrogen (secondary N) is 1. The number of rotatable bonds is 4. The van der Waals surface area contributed by atoms with Gasteiger partial charge in [0.2, 0.25) is 7.28 Å². The molecule has 0 atom stereocenters. The smallest absolute Gasteiger partial charge is 0.211 e. The van der Waals surface area contributed by atoms with Crippen molar-refractivity contribution in [1.82, 2.24) is 4.57 Å². The molecule has 0 bridgehead atoms. The Morgan fingerprint density at radius 3 is 1.97 bits per heavy atom. The molecule has 0 saturated heterocycles. The van der Waals surface area contributed by atoms with E-state index in [-0.39, 0.29) is 16.2 Å². The Morgan fingerprint density at radius 2 is 1.21 bits per heavy atom. The zero-order chi connectivity index (χ0) is 46.6. The second-order valence-electron chi connectivity index (χ2n) is 22.1. The van der Waals surface area contributed by atoms with Crippen molar-refractivity contribution in [2.75, 3.05) is 5.32 Å². The zero-order valence-electron chi connectivity index (χ0n) is 40.1. The maximum atomic E-state index is 7.28. The molecule has 0 unspecified atom stereocenters. The van der Waals surface area contributed by atoms with Gasteiger partial charge < -0.3 is 14.3 Å². The number of thiophene rings is 2. The molecule has 4 aromatic heterocycles. The van der Waals surface area contributed by atoms with E-state index < -0.39 is 0 Å². The highest BCUT2D eigenvalue weighted by Gasteiger charge is 2.34. The van der Waals surface area contributed by atoms with Gasteiger partial charge in [-0.05, 0) is 121 Å². The van der Waals surface area contributed by atoms with Crippen molar-refractivity contribution in [3.05, 3.63) is 162 Å². The topological polar surface area (TPSA) is 30.1 Å². The van der Waals surface area contributed by atoms with Crippen molar-refractivity contribution < 1.29 is 4.42 Å². The van der Waals surface area contributed by atoms with E-state index in [1.54, 1.807) is 0 Å². The van der Waals surface area contributed by atoms with Crippen molar-refractivity contribution in [2.45, 2.75) is 78.6 Å². The molecule has 1 N–H and O–H groups in total. The summed E-state index contributed by atoms with van der Waals surface area (Å²) in [6.07, 6.45) is 0. The van der Waals surface area contributed by atoms with Crippen LogP contribution in [0.2, 0.25) is 0 Å². The molecular formula is C62H52BN2OS2. The fraction of sp³-hybridized carbons (Fsp3) is 0.194. The van der Waals surface area contributed by atoms with Gasteiger partial charge in [0.15, 0.2) is 0 Å². The molecule has 1 aliphatic heterocycles. The van der Waals surface area contributed by atoms with Gasteiger partial charge >= 0.3 is 0 Å². The molecule has 5 heterocycles. The number of benzene rings is 8. The van der Waals surface area contributed by atoms with Crippen molar-refractivity contribution in [3.8, 4) is 27.9 Å². The molecular weight excluding hydrogens is 864 g/mol. The van der Waals surface area contributed by atoms with Crippen LogP contribution in [0.5, 0.6) is 0 Å². The minimum Gasteiger partial charge on any atom is -0.455 e. The third-order valence-electron chi connectivity index (χ3n) is 14.5. The van der Waals surface area contributed by atoms with Crippen LogP contribution in [0, 0.1) is 0 Å². The SMILES string of the molecule is CC(C)(C)c1ccc(Nc2cc3sc4cc(C(C)(C)C)ccc4c3cc2-c2c3c4c(c5cc(C(C)(C)C)ccc5n4-c4c(sc5ccc(-c6ccccc6)cc45)[B]3)c3oc4ccccc4c23)cc1. The van der Waals surface area contributed by atoms with Crippen LogP contribution in [0.25, 0.3) is 102 Å². The molecule has 3 nitrogen and oxygen atoms in total. The Balaban J connectivity index is 1.18. The summed E-state index contributed by atoms with van der Waals surface area (Å²) in [5, 5.41) is 12.5. The molecule has 331 valence electrons. The predicted octanol–water partition coefficient (Wildman–Crippen LogP) is 17.2. The molecule has 0 aliphatic carbocycles. The lowest BCUT2D eigenvalue weighted by atomic mass is 9.62. The highest BCUT2D eigenvalue weighted by Crippen LogP contribution is 2.50. The molecule has 12 aromatic rings. The van der Waals surface area contributed by atoms with E-state index in [0.29, 0.717) is 0 Å². The predicted molar refractivity (Wildman–Crippen MR) is 298 cm³/mol. The Morgan fingerprint density at radius 1 is 0.515 bits per heavy atom. The highest BCUT2D eigenvalue weighted by atomic mass is 32.1. The zero-order valence-corrected chi connectivity index (χ0v) is 41.7. The molecule has 6 heteroatoms. The largest absolute Gasteiger partial charge is 0.455 e. The minimum atomic E-state index is -0.0481. The molecule has 1 radical (unpaired) electrons. The van der Waals surface area contributed by atoms with Crippen LogP contribution in [0.1, 0.15) is 79.0 Å². The van der Waals surface area contributed by atoms with E-state index in [1.807, 2.05) is 22.7 Å². The van der Waals surface area contributed by atoms with E-state index in [1.165, 1.54) is 101 Å². The first-order valence-electron chi connectivity index (χ1n) is 23.9. The lowest BCUT2D eigenvalue weighted by Crippen LogP contribution is -2.35. The van der Waals surface area contributed by atoms with Crippen LogP contribution < -0.4 is 15.6 Å². The van der Waals surface area contributed by atoms with Crippen LogP contribution >= 0.6 is 22.7 Å². The molecule has 0 fully saturated rings. The number of fused-ring (bicyclic) bond motifs is 14. The van der Waals surface area contributed by atoms with Crippen LogP contribution in [0.15, 0.2) is 150 Å². The van der Waals surface area contributed by atoms with Crippen molar-refractivity contribution in [2.24, 2.45) is 0 Å². The fourth-order valence-corrected chi connectivity index (χ4v) is 13.1. The number of hydrogen-bond donors (Lipinski definition) is 1. The second kappa shape index (κ2) is 14.5. The van der Waals surface area contributed by atoms with Crippen LogP contribution in [0.4, 0.5) is 11.4 Å². The Hall–Kier alpha value is -6.60. The maximum Gasteiger partial charge on any atom is 0.211 e. The van der Waals surface area contributed by atoms with Gasteiger partial charge in [-0.1, -0.05) is 147 Å². The number of aromatic nitrogens is 1. The summed E-state index contributed by atoms with van der Waals surface area (Å²) in [5.74, 6) is 0. The summed E-state index contributed by atoms with van der Waals surface area (Å²) in [6, 6.07) is 54.7. The van der Waals surface area contributed by atoms with Crippen LogP contribution in [0.3, 0.4) is 0 Å². The lowest BCUT2D eigenvalue weighted by Gasteiger charge is -2.23. The van der Waals surface area contributed by atoms with Crippen LogP contribution in [-0.2, 0) is 16.2 Å². The minimum absolute atomic E-state index is 0.0456. The normalized spacial score (nSPS) is 13.2. The average Bonchev–Trinajstić information content (AvgIpc) is 4.07. The first-order valence-corrected chi connectivity index (χ1v) is 25.5. The average molecular weight is 916 g/mol. The Bertz CT molecular complexity index is 4070. The summed E-state index contributed by atoms with van der Waals surface area (Å²) in [5.41, 5.74) is 17.6. The van der Waals surface area contributed by atoms with Gasteiger partial charge in [-0.2, -0.15) is 0 Å². The van der Waals surface area contributed by atoms with E-state index >= 15 is 0 Å². The van der Waals surface area contributed by atoms with Crippen molar-refractivity contribution in [1.29, 1.82) is 0 Å². The Kier molecular flexibility index (Phi) is 8.84. The number of nitrogens with zero attached hydrogens (tertiary/aromatic N) is 1. The molecule has 0 amide bonds. The first-order chi connectivity index (χ1) is 32.6. The summed E-state index contributed by atoms with van der Waals surface area (Å²) in [6.45, 7) is 20.7. The number of hydrogen-bond acceptors (Lipinski definition) is 4. The van der Waals surface area contributed by atoms with E-state index in [4.69, 9.17) is 4.42 Å². The van der Waals surface area contributed by atoms with E-state index in [0.717, 1.165) is 38.9 Å². The van der Waals surface area contributed by atoms with Gasteiger partial charge in [0.05, 0.1) is 22.1 Å². The van der Waals surface area contributed by atoms with Gasteiger partial charge in [-0.15, -0.1) is 22.7 Å². The first kappa shape index (κ1) is 41.6. The standard InChI is InChI=1S/C62H52BN2OS2/c1-60(2,3)36-20-24-39(25-21-36)64-46-33-51-42(40-26-22-38(62(7,8)9)31-50(40)67-51)32-43(46)52-53-41-17-13-14-18-48(41)66-58(53)54-44-30-37(61(4,5)6)23-27-47(44)65-56-45-29-35(34-15-11-10-12-16-34)19-28-49(45)68-59(56)63-55(52)57(54)65/h10-33,64H,1-9H3. The van der Waals surface area contributed by atoms with Gasteiger partial charge in [-0.25, -0.2) is 0 Å². The third-order valence-corrected chi connectivity index (χ3v) is 16.7. The van der Waals surface area contributed by atoms with Gasteiger partial charge in [-0.3, -0.25) is 0 Å². The molecule has 0 spiro atoms. The summed E-state index contributed by atoms with van der Waals surface area (Å²) < 4.78 is 15.0. The molecule has 68 heavy (non-hydrogen) atoms. The quantitative estimate of drug-likeness (QED) is 0.178. The summed E-state index contributed by atoms with van der Waals surface area (Å²) in [7, 11) is 2.51.